The Kier molecular flexibility index (Phi) is 4.02. The van der Waals surface area contributed by atoms with Gasteiger partial charge in [0, 0.05) is 12.5 Å². The van der Waals surface area contributed by atoms with E-state index in [4.69, 9.17) is 0 Å². The first-order valence-electron chi connectivity index (χ1n) is 6.83. The van der Waals surface area contributed by atoms with Crippen LogP contribution < -0.4 is 5.32 Å². The van der Waals surface area contributed by atoms with E-state index in [-0.39, 0.29) is 11.6 Å². The molecule has 0 saturated heterocycles. The van der Waals surface area contributed by atoms with Gasteiger partial charge in [0.15, 0.2) is 5.69 Å². The van der Waals surface area contributed by atoms with E-state index >= 15 is 0 Å². The molecule has 1 saturated carbocycles. The van der Waals surface area contributed by atoms with Crippen LogP contribution >= 0.6 is 0 Å². The van der Waals surface area contributed by atoms with Crippen molar-refractivity contribution in [3.63, 3.8) is 0 Å². The van der Waals surface area contributed by atoms with Gasteiger partial charge < -0.3 is 10.4 Å². The van der Waals surface area contributed by atoms with Crippen molar-refractivity contribution in [3.8, 4) is 0 Å². The van der Waals surface area contributed by atoms with Crippen molar-refractivity contribution >= 4 is 11.7 Å². The number of hydrogen-bond acceptors (Lipinski definition) is 4. The summed E-state index contributed by atoms with van der Waals surface area (Å²) < 4.78 is 0. The lowest BCUT2D eigenvalue weighted by atomic mass is 10.1. The van der Waals surface area contributed by atoms with Crippen LogP contribution in [-0.2, 0) is 0 Å². The molecule has 1 aromatic heterocycles. The zero-order chi connectivity index (χ0) is 14.0. The molecule has 104 valence electrons. The predicted molar refractivity (Wildman–Crippen MR) is 73.5 cm³/mol. The van der Waals surface area contributed by atoms with Crippen LogP contribution in [0.15, 0.2) is 6.20 Å². The van der Waals surface area contributed by atoms with Gasteiger partial charge in [-0.2, -0.15) is 0 Å². The van der Waals surface area contributed by atoms with E-state index in [0.717, 1.165) is 12.5 Å². The lowest BCUT2D eigenvalue weighted by molar-refractivity contribution is 0.0691. The van der Waals surface area contributed by atoms with Crippen molar-refractivity contribution in [1.82, 2.24) is 9.97 Å². The summed E-state index contributed by atoms with van der Waals surface area (Å²) in [5.41, 5.74) is 0.589. The van der Waals surface area contributed by atoms with Crippen molar-refractivity contribution in [1.29, 1.82) is 0 Å². The smallest absolute Gasteiger partial charge is 0.356 e. The Morgan fingerprint density at radius 3 is 2.68 bits per heavy atom. The van der Waals surface area contributed by atoms with Gasteiger partial charge in [-0.05, 0) is 24.7 Å². The summed E-state index contributed by atoms with van der Waals surface area (Å²) in [5, 5.41) is 12.4. The van der Waals surface area contributed by atoms with Crippen molar-refractivity contribution in [2.75, 3.05) is 11.9 Å². The quantitative estimate of drug-likeness (QED) is 0.825. The first-order chi connectivity index (χ1) is 8.99. The van der Waals surface area contributed by atoms with E-state index in [1.807, 2.05) is 13.8 Å². The van der Waals surface area contributed by atoms with Crippen LogP contribution in [-0.4, -0.2) is 27.6 Å². The van der Waals surface area contributed by atoms with E-state index in [1.165, 1.54) is 12.8 Å². The van der Waals surface area contributed by atoms with Crippen LogP contribution in [0.25, 0.3) is 0 Å². The third kappa shape index (κ3) is 3.43. The molecule has 5 heteroatoms. The fourth-order valence-electron chi connectivity index (χ4n) is 2.07. The van der Waals surface area contributed by atoms with E-state index < -0.39 is 5.97 Å². The van der Waals surface area contributed by atoms with Gasteiger partial charge in [-0.25, -0.2) is 14.8 Å². The Morgan fingerprint density at radius 1 is 1.47 bits per heavy atom. The second-order valence-corrected chi connectivity index (χ2v) is 5.65. The molecule has 0 aliphatic heterocycles. The molecule has 5 nitrogen and oxygen atoms in total. The topological polar surface area (TPSA) is 75.1 Å². The molecule has 1 atom stereocenters. The van der Waals surface area contributed by atoms with Crippen molar-refractivity contribution < 1.29 is 9.90 Å². The number of nitrogens with one attached hydrogen (secondary N) is 1. The van der Waals surface area contributed by atoms with Crippen LogP contribution in [0.3, 0.4) is 0 Å². The Balaban J connectivity index is 2.11. The van der Waals surface area contributed by atoms with Crippen LogP contribution in [0.5, 0.6) is 0 Å². The average Bonchev–Trinajstić information content (AvgIpc) is 3.19. The number of rotatable bonds is 6. The fourth-order valence-corrected chi connectivity index (χ4v) is 2.07. The van der Waals surface area contributed by atoms with Gasteiger partial charge in [0.1, 0.15) is 5.82 Å². The normalized spacial score (nSPS) is 16.4. The maximum Gasteiger partial charge on any atom is 0.356 e. The first-order valence-corrected chi connectivity index (χ1v) is 6.83. The number of nitrogens with zero attached hydrogens (tertiary/aromatic N) is 2. The van der Waals surface area contributed by atoms with E-state index in [1.54, 1.807) is 6.20 Å². The summed E-state index contributed by atoms with van der Waals surface area (Å²) in [6.45, 7) is 6.86. The highest BCUT2D eigenvalue weighted by molar-refractivity contribution is 5.91. The molecule has 19 heavy (non-hydrogen) atoms. The minimum Gasteiger partial charge on any atom is -0.476 e. The molecule has 1 fully saturated rings. The molecule has 0 spiro atoms. The molecule has 0 aromatic carbocycles. The SMILES string of the molecule is CC(C)c1ncc(NCC(C)C2CC2)c(C(=O)O)n1. The Bertz CT molecular complexity index is 470. The van der Waals surface area contributed by atoms with Gasteiger partial charge in [-0.3, -0.25) is 0 Å². The van der Waals surface area contributed by atoms with Gasteiger partial charge in [-0.15, -0.1) is 0 Å². The molecular weight excluding hydrogens is 242 g/mol. The molecule has 2 rings (SSSR count). The average molecular weight is 263 g/mol. The number of aromatic nitrogens is 2. The van der Waals surface area contributed by atoms with Gasteiger partial charge in [0.05, 0.1) is 11.9 Å². The molecule has 2 N–H and O–H groups in total. The molecule has 0 bridgehead atoms. The van der Waals surface area contributed by atoms with Crippen molar-refractivity contribution in [2.24, 2.45) is 11.8 Å². The van der Waals surface area contributed by atoms with Gasteiger partial charge in [0.2, 0.25) is 0 Å². The van der Waals surface area contributed by atoms with E-state index in [0.29, 0.717) is 17.4 Å². The largest absolute Gasteiger partial charge is 0.476 e. The molecular formula is C14H21N3O2. The maximum absolute atomic E-state index is 11.3. The third-order valence-electron chi connectivity index (χ3n) is 3.57. The standard InChI is InChI=1S/C14H21N3O2/c1-8(2)13-16-7-11(12(17-13)14(18)19)15-6-9(3)10-4-5-10/h7-10,15H,4-6H2,1-3H3,(H,18,19). The lowest BCUT2D eigenvalue weighted by Gasteiger charge is -2.14. The first kappa shape index (κ1) is 13.8. The molecule has 0 radical (unpaired) electrons. The number of aromatic carboxylic acids is 1. The van der Waals surface area contributed by atoms with Gasteiger partial charge >= 0.3 is 5.97 Å². The minimum atomic E-state index is -1.01. The Labute approximate surface area is 113 Å². The molecule has 1 aromatic rings. The van der Waals surface area contributed by atoms with Crippen molar-refractivity contribution in [3.05, 3.63) is 17.7 Å². The second kappa shape index (κ2) is 5.55. The summed E-state index contributed by atoms with van der Waals surface area (Å²) in [6.07, 6.45) is 4.17. The summed E-state index contributed by atoms with van der Waals surface area (Å²) in [5.74, 6) is 1.03. The summed E-state index contributed by atoms with van der Waals surface area (Å²) >= 11 is 0. The van der Waals surface area contributed by atoms with E-state index in [9.17, 15) is 9.90 Å². The highest BCUT2D eigenvalue weighted by Crippen LogP contribution is 2.36. The predicted octanol–water partition coefficient (Wildman–Crippen LogP) is 2.76. The molecule has 0 amide bonds. The molecule has 1 aliphatic carbocycles. The highest BCUT2D eigenvalue weighted by Gasteiger charge is 2.28. The van der Waals surface area contributed by atoms with Crippen molar-refractivity contribution in [2.45, 2.75) is 39.5 Å². The van der Waals surface area contributed by atoms with Gasteiger partial charge in [0.25, 0.3) is 0 Å². The summed E-state index contributed by atoms with van der Waals surface area (Å²) in [4.78, 5) is 19.6. The third-order valence-corrected chi connectivity index (χ3v) is 3.57. The van der Waals surface area contributed by atoms with Crippen LogP contribution in [0.4, 0.5) is 5.69 Å². The fraction of sp³-hybridized carbons (Fsp3) is 0.643. The second-order valence-electron chi connectivity index (χ2n) is 5.65. The summed E-state index contributed by atoms with van der Waals surface area (Å²) in [7, 11) is 0. The zero-order valence-electron chi connectivity index (χ0n) is 11.7. The molecule has 1 aliphatic rings. The Hall–Kier alpha value is -1.65. The van der Waals surface area contributed by atoms with Crippen LogP contribution in [0, 0.1) is 11.8 Å². The summed E-state index contributed by atoms with van der Waals surface area (Å²) in [6, 6.07) is 0. The highest BCUT2D eigenvalue weighted by atomic mass is 16.4. The van der Waals surface area contributed by atoms with Gasteiger partial charge in [-0.1, -0.05) is 20.8 Å². The molecule has 1 unspecified atom stereocenters. The lowest BCUT2D eigenvalue weighted by Crippen LogP contribution is -2.17. The number of carboxylic acid groups (broad SMARTS) is 1. The number of hydrogen-bond donors (Lipinski definition) is 2. The number of carboxylic acids is 1. The Morgan fingerprint density at radius 2 is 2.16 bits per heavy atom. The zero-order valence-corrected chi connectivity index (χ0v) is 11.7. The number of anilines is 1. The monoisotopic (exact) mass is 263 g/mol. The van der Waals surface area contributed by atoms with Crippen LogP contribution in [0.2, 0.25) is 0 Å². The molecule has 1 heterocycles. The maximum atomic E-state index is 11.3. The number of carbonyl (C=O) groups is 1. The minimum absolute atomic E-state index is 0.0710. The van der Waals surface area contributed by atoms with Crippen LogP contribution in [0.1, 0.15) is 55.8 Å². The van der Waals surface area contributed by atoms with E-state index in [2.05, 4.69) is 22.2 Å².